The van der Waals surface area contributed by atoms with Crippen LogP contribution in [-0.4, -0.2) is 6.21 Å². The lowest BCUT2D eigenvalue weighted by molar-refractivity contribution is 0.773. The minimum absolute atomic E-state index is 0.516. The minimum atomic E-state index is 0.516. The number of fused-ring (bicyclic) bond motifs is 1. The molecule has 0 saturated heterocycles. The summed E-state index contributed by atoms with van der Waals surface area (Å²) in [5.41, 5.74) is 8.94. The van der Waals surface area contributed by atoms with Gasteiger partial charge in [-0.1, -0.05) is 13.0 Å². The van der Waals surface area contributed by atoms with Crippen LogP contribution >= 0.6 is 0 Å². The number of aliphatic imine (C=N–C) groups is 1. The van der Waals surface area contributed by atoms with E-state index in [1.807, 2.05) is 24.4 Å². The molecule has 2 heteroatoms. The van der Waals surface area contributed by atoms with Gasteiger partial charge in [0.25, 0.3) is 0 Å². The first-order chi connectivity index (χ1) is 5.77. The maximum Gasteiger partial charge on any atom is 0.0678 e. The summed E-state index contributed by atoms with van der Waals surface area (Å²) in [5, 5.41) is 0. The van der Waals surface area contributed by atoms with E-state index >= 15 is 0 Å². The lowest BCUT2D eigenvalue weighted by Gasteiger charge is -2.16. The molecule has 0 radical (unpaired) electrons. The Morgan fingerprint density at radius 2 is 2.33 bits per heavy atom. The zero-order valence-electron chi connectivity index (χ0n) is 7.12. The molecule has 0 spiro atoms. The highest BCUT2D eigenvalue weighted by Crippen LogP contribution is 2.30. The van der Waals surface area contributed by atoms with E-state index in [9.17, 15) is 0 Å². The third-order valence-corrected chi connectivity index (χ3v) is 2.18. The third kappa shape index (κ3) is 1.09. The fourth-order valence-corrected chi connectivity index (χ4v) is 1.52. The van der Waals surface area contributed by atoms with Gasteiger partial charge in [-0.3, -0.25) is 4.99 Å². The van der Waals surface area contributed by atoms with E-state index in [2.05, 4.69) is 11.9 Å². The molecule has 2 rings (SSSR count). The van der Waals surface area contributed by atoms with Crippen molar-refractivity contribution in [2.45, 2.75) is 13.3 Å². The van der Waals surface area contributed by atoms with Crippen molar-refractivity contribution in [3.8, 4) is 0 Å². The average molecular weight is 160 g/mol. The first-order valence-corrected chi connectivity index (χ1v) is 4.19. The van der Waals surface area contributed by atoms with Crippen LogP contribution in [0.3, 0.4) is 0 Å². The average Bonchev–Trinajstić information content (AvgIpc) is 2.07. The van der Waals surface area contributed by atoms with Crippen LogP contribution < -0.4 is 5.73 Å². The molecule has 1 aliphatic heterocycles. The predicted octanol–water partition coefficient (Wildman–Crippen LogP) is 2.16. The highest BCUT2D eigenvalue weighted by molar-refractivity contribution is 5.74. The Hall–Kier alpha value is -1.31. The molecule has 62 valence electrons. The summed E-state index contributed by atoms with van der Waals surface area (Å²) in [6.45, 7) is 2.15. The highest BCUT2D eigenvalue weighted by atomic mass is 14.8. The normalized spacial score (nSPS) is 20.6. The second-order valence-electron chi connectivity index (χ2n) is 3.30. The maximum absolute atomic E-state index is 5.83. The fourth-order valence-electron chi connectivity index (χ4n) is 1.52. The van der Waals surface area contributed by atoms with Gasteiger partial charge in [-0.2, -0.15) is 0 Å². The maximum atomic E-state index is 5.83. The molecule has 0 aromatic heterocycles. The van der Waals surface area contributed by atoms with E-state index in [4.69, 9.17) is 5.73 Å². The fraction of sp³-hybridized carbons (Fsp3) is 0.300. The molecular formula is C10H12N2. The van der Waals surface area contributed by atoms with E-state index in [1.54, 1.807) is 0 Å². The Balaban J connectivity index is 2.53. The molecule has 0 bridgehead atoms. The first kappa shape index (κ1) is 7.35. The van der Waals surface area contributed by atoms with Crippen LogP contribution in [0.1, 0.15) is 12.5 Å². The van der Waals surface area contributed by atoms with Crippen LogP contribution in [0.5, 0.6) is 0 Å². The molecule has 0 fully saturated rings. The predicted molar refractivity (Wildman–Crippen MR) is 51.9 cm³/mol. The highest BCUT2D eigenvalue weighted by Gasteiger charge is 2.12. The number of nitrogens with zero attached hydrogens (tertiary/aromatic N) is 1. The molecule has 1 atom stereocenters. The van der Waals surface area contributed by atoms with Crippen LogP contribution in [0.2, 0.25) is 0 Å². The Morgan fingerprint density at radius 1 is 1.50 bits per heavy atom. The molecule has 1 unspecified atom stereocenters. The van der Waals surface area contributed by atoms with Crippen molar-refractivity contribution in [2.75, 3.05) is 5.73 Å². The Labute approximate surface area is 72.1 Å². The Bertz CT molecular complexity index is 329. The number of nitrogens with two attached hydrogens (primary N) is 1. The molecular weight excluding hydrogens is 148 g/mol. The Kier molecular flexibility index (Phi) is 1.61. The van der Waals surface area contributed by atoms with Crippen molar-refractivity contribution in [3.05, 3.63) is 23.8 Å². The SMILES string of the molecule is CC1C=Nc2cccc(N)c2C1. The Morgan fingerprint density at radius 3 is 3.17 bits per heavy atom. The largest absolute Gasteiger partial charge is 0.398 e. The van der Waals surface area contributed by atoms with Crippen molar-refractivity contribution in [2.24, 2.45) is 10.9 Å². The van der Waals surface area contributed by atoms with Gasteiger partial charge in [-0.15, -0.1) is 0 Å². The number of hydrogen-bond donors (Lipinski definition) is 1. The first-order valence-electron chi connectivity index (χ1n) is 4.19. The summed E-state index contributed by atoms with van der Waals surface area (Å²) in [6, 6.07) is 5.89. The summed E-state index contributed by atoms with van der Waals surface area (Å²) < 4.78 is 0. The monoisotopic (exact) mass is 160 g/mol. The van der Waals surface area contributed by atoms with Crippen molar-refractivity contribution in [1.82, 2.24) is 0 Å². The van der Waals surface area contributed by atoms with Gasteiger partial charge in [-0.25, -0.2) is 0 Å². The molecule has 12 heavy (non-hydrogen) atoms. The van der Waals surface area contributed by atoms with Gasteiger partial charge in [0.1, 0.15) is 0 Å². The number of anilines is 1. The number of nitrogen functional groups attached to an aromatic ring is 1. The summed E-state index contributed by atoms with van der Waals surface area (Å²) in [7, 11) is 0. The molecule has 0 aliphatic carbocycles. The van der Waals surface area contributed by atoms with Crippen molar-refractivity contribution >= 4 is 17.6 Å². The van der Waals surface area contributed by atoms with Gasteiger partial charge in [0.2, 0.25) is 0 Å². The van der Waals surface area contributed by atoms with Crippen LogP contribution in [0.4, 0.5) is 11.4 Å². The molecule has 2 nitrogen and oxygen atoms in total. The van der Waals surface area contributed by atoms with Gasteiger partial charge >= 0.3 is 0 Å². The van der Waals surface area contributed by atoms with Crippen LogP contribution in [0.25, 0.3) is 0 Å². The smallest absolute Gasteiger partial charge is 0.0678 e. The molecule has 0 saturated carbocycles. The van der Waals surface area contributed by atoms with E-state index in [1.165, 1.54) is 5.56 Å². The van der Waals surface area contributed by atoms with Gasteiger partial charge in [0.05, 0.1) is 5.69 Å². The van der Waals surface area contributed by atoms with E-state index < -0.39 is 0 Å². The molecule has 0 amide bonds. The van der Waals surface area contributed by atoms with Crippen molar-refractivity contribution < 1.29 is 0 Å². The van der Waals surface area contributed by atoms with Gasteiger partial charge in [0.15, 0.2) is 0 Å². The lowest BCUT2D eigenvalue weighted by Crippen LogP contribution is -2.08. The van der Waals surface area contributed by atoms with Crippen LogP contribution in [0, 0.1) is 5.92 Å². The number of rotatable bonds is 0. The molecule has 1 aliphatic rings. The summed E-state index contributed by atoms with van der Waals surface area (Å²) in [4.78, 5) is 4.33. The lowest BCUT2D eigenvalue weighted by atomic mass is 9.96. The van der Waals surface area contributed by atoms with E-state index in [0.29, 0.717) is 5.92 Å². The summed E-state index contributed by atoms with van der Waals surface area (Å²) in [6.07, 6.45) is 3.01. The van der Waals surface area contributed by atoms with Crippen LogP contribution in [-0.2, 0) is 6.42 Å². The van der Waals surface area contributed by atoms with Gasteiger partial charge in [-0.05, 0) is 24.5 Å². The molecule has 2 N–H and O–H groups in total. The zero-order valence-corrected chi connectivity index (χ0v) is 7.12. The van der Waals surface area contributed by atoms with E-state index in [0.717, 1.165) is 17.8 Å². The van der Waals surface area contributed by atoms with E-state index in [-0.39, 0.29) is 0 Å². The van der Waals surface area contributed by atoms with Crippen molar-refractivity contribution in [1.29, 1.82) is 0 Å². The summed E-state index contributed by atoms with van der Waals surface area (Å²) >= 11 is 0. The van der Waals surface area contributed by atoms with Gasteiger partial charge in [0, 0.05) is 17.5 Å². The number of benzene rings is 1. The minimum Gasteiger partial charge on any atom is -0.398 e. The number of hydrogen-bond acceptors (Lipinski definition) is 2. The molecule has 1 aromatic rings. The quantitative estimate of drug-likeness (QED) is 0.580. The molecule has 1 heterocycles. The zero-order chi connectivity index (χ0) is 8.55. The second-order valence-corrected chi connectivity index (χ2v) is 3.30. The topological polar surface area (TPSA) is 38.4 Å². The third-order valence-electron chi connectivity index (χ3n) is 2.18. The van der Waals surface area contributed by atoms with Crippen LogP contribution in [0.15, 0.2) is 23.2 Å². The molecule has 1 aromatic carbocycles. The second kappa shape index (κ2) is 2.63. The standard InChI is InChI=1S/C10H12N2/c1-7-5-8-9(11)3-2-4-10(8)12-6-7/h2-4,6-7H,5,11H2,1H3. The van der Waals surface area contributed by atoms with Gasteiger partial charge < -0.3 is 5.73 Å². The summed E-state index contributed by atoms with van der Waals surface area (Å²) in [5.74, 6) is 0.516. The van der Waals surface area contributed by atoms with Crippen molar-refractivity contribution in [3.63, 3.8) is 0 Å².